The van der Waals surface area contributed by atoms with Crippen molar-refractivity contribution < 1.29 is 0 Å². The van der Waals surface area contributed by atoms with Crippen LogP contribution < -0.4 is 5.32 Å². The lowest BCUT2D eigenvalue weighted by Gasteiger charge is -2.28. The molecule has 1 saturated carbocycles. The fourth-order valence-corrected chi connectivity index (χ4v) is 3.87. The highest BCUT2D eigenvalue weighted by atomic mass is 32.2. The molecule has 15 heavy (non-hydrogen) atoms. The first-order valence-electron chi connectivity index (χ1n) is 6.46. The van der Waals surface area contributed by atoms with Crippen LogP contribution in [0.5, 0.6) is 0 Å². The Morgan fingerprint density at radius 1 is 1.27 bits per heavy atom. The van der Waals surface area contributed by atoms with E-state index < -0.39 is 0 Å². The molecule has 0 aliphatic heterocycles. The molecule has 90 valence electrons. The Balaban J connectivity index is 2.16. The van der Waals surface area contributed by atoms with Crippen LogP contribution in [0, 0.1) is 5.92 Å². The lowest BCUT2D eigenvalue weighted by molar-refractivity contribution is 0.393. The van der Waals surface area contributed by atoms with Gasteiger partial charge in [-0.2, -0.15) is 11.8 Å². The van der Waals surface area contributed by atoms with Gasteiger partial charge in [-0.25, -0.2) is 0 Å². The molecule has 0 bridgehead atoms. The molecule has 0 amide bonds. The lowest BCUT2D eigenvalue weighted by Crippen LogP contribution is -2.30. The van der Waals surface area contributed by atoms with E-state index in [1.165, 1.54) is 25.7 Å². The Kier molecular flexibility index (Phi) is 6.06. The van der Waals surface area contributed by atoms with E-state index in [-0.39, 0.29) is 0 Å². The molecule has 0 aromatic rings. The van der Waals surface area contributed by atoms with E-state index in [0.717, 1.165) is 23.0 Å². The maximum absolute atomic E-state index is 3.53. The molecule has 1 N–H and O–H groups in total. The van der Waals surface area contributed by atoms with E-state index in [0.29, 0.717) is 6.04 Å². The van der Waals surface area contributed by atoms with Crippen molar-refractivity contribution in [3.8, 4) is 0 Å². The van der Waals surface area contributed by atoms with Crippen LogP contribution in [-0.4, -0.2) is 23.1 Å². The van der Waals surface area contributed by atoms with Crippen molar-refractivity contribution in [3.63, 3.8) is 0 Å². The van der Waals surface area contributed by atoms with Gasteiger partial charge in [0, 0.05) is 23.1 Å². The number of nitrogens with one attached hydrogen (secondary N) is 1. The Morgan fingerprint density at radius 2 is 2.00 bits per heavy atom. The summed E-state index contributed by atoms with van der Waals surface area (Å²) in [4.78, 5) is 0. The van der Waals surface area contributed by atoms with Gasteiger partial charge in [0.15, 0.2) is 0 Å². The molecule has 1 rings (SSSR count). The van der Waals surface area contributed by atoms with Gasteiger partial charge in [0.2, 0.25) is 0 Å². The molecule has 1 aliphatic carbocycles. The molecule has 1 fully saturated rings. The summed E-state index contributed by atoms with van der Waals surface area (Å²) in [5.74, 6) is 0.960. The first-order valence-corrected chi connectivity index (χ1v) is 7.41. The third-order valence-corrected chi connectivity index (χ3v) is 4.57. The standard InChI is InChI=1S/C13H27NS/c1-10(2)14-9-12(4)15-13-7-5-6-11(3)8-13/h10-14H,5-9H2,1-4H3. The summed E-state index contributed by atoms with van der Waals surface area (Å²) in [6.07, 6.45) is 5.79. The first-order chi connectivity index (χ1) is 7.08. The van der Waals surface area contributed by atoms with Gasteiger partial charge in [0.05, 0.1) is 0 Å². The second kappa shape index (κ2) is 6.80. The highest BCUT2D eigenvalue weighted by Gasteiger charge is 2.21. The van der Waals surface area contributed by atoms with E-state index >= 15 is 0 Å². The molecule has 3 unspecified atom stereocenters. The monoisotopic (exact) mass is 229 g/mol. The van der Waals surface area contributed by atoms with Crippen LogP contribution in [-0.2, 0) is 0 Å². The fraction of sp³-hybridized carbons (Fsp3) is 1.00. The molecule has 0 heterocycles. The van der Waals surface area contributed by atoms with Crippen molar-refractivity contribution in [3.05, 3.63) is 0 Å². The van der Waals surface area contributed by atoms with Gasteiger partial charge < -0.3 is 5.32 Å². The quantitative estimate of drug-likeness (QED) is 0.772. The smallest absolute Gasteiger partial charge is 0.0147 e. The summed E-state index contributed by atoms with van der Waals surface area (Å²) < 4.78 is 0. The van der Waals surface area contributed by atoms with Gasteiger partial charge in [0.1, 0.15) is 0 Å². The normalized spacial score (nSPS) is 29.4. The van der Waals surface area contributed by atoms with Crippen LogP contribution in [0.3, 0.4) is 0 Å². The second-order valence-electron chi connectivity index (χ2n) is 5.40. The summed E-state index contributed by atoms with van der Waals surface area (Å²) in [6, 6.07) is 0.623. The third-order valence-electron chi connectivity index (χ3n) is 3.13. The van der Waals surface area contributed by atoms with E-state index in [1.807, 2.05) is 0 Å². The molecule has 3 atom stereocenters. The zero-order valence-corrected chi connectivity index (χ0v) is 11.6. The van der Waals surface area contributed by atoms with Gasteiger partial charge in [-0.05, 0) is 18.8 Å². The van der Waals surface area contributed by atoms with E-state index in [4.69, 9.17) is 0 Å². The number of hydrogen-bond donors (Lipinski definition) is 1. The maximum atomic E-state index is 3.53. The lowest BCUT2D eigenvalue weighted by atomic mass is 9.91. The van der Waals surface area contributed by atoms with Gasteiger partial charge in [-0.15, -0.1) is 0 Å². The molecular formula is C13H27NS. The second-order valence-corrected chi connectivity index (χ2v) is 7.15. The highest BCUT2D eigenvalue weighted by Crippen LogP contribution is 2.33. The Morgan fingerprint density at radius 3 is 2.60 bits per heavy atom. The van der Waals surface area contributed by atoms with Gasteiger partial charge >= 0.3 is 0 Å². The van der Waals surface area contributed by atoms with Crippen molar-refractivity contribution in [1.29, 1.82) is 0 Å². The summed E-state index contributed by atoms with van der Waals surface area (Å²) in [5, 5.41) is 5.22. The minimum absolute atomic E-state index is 0.623. The summed E-state index contributed by atoms with van der Waals surface area (Å²) >= 11 is 2.20. The van der Waals surface area contributed by atoms with E-state index in [1.54, 1.807) is 0 Å². The van der Waals surface area contributed by atoms with Crippen LogP contribution in [0.2, 0.25) is 0 Å². The minimum Gasteiger partial charge on any atom is -0.313 e. The zero-order chi connectivity index (χ0) is 11.3. The van der Waals surface area contributed by atoms with Crippen molar-refractivity contribution in [2.24, 2.45) is 5.92 Å². The Bertz CT molecular complexity index is 170. The largest absolute Gasteiger partial charge is 0.313 e. The Labute approximate surface area is 99.8 Å². The summed E-state index contributed by atoms with van der Waals surface area (Å²) in [5.41, 5.74) is 0. The topological polar surface area (TPSA) is 12.0 Å². The highest BCUT2D eigenvalue weighted by molar-refractivity contribution is 8.00. The summed E-state index contributed by atoms with van der Waals surface area (Å²) in [7, 11) is 0. The molecular weight excluding hydrogens is 202 g/mol. The van der Waals surface area contributed by atoms with E-state index in [9.17, 15) is 0 Å². The van der Waals surface area contributed by atoms with Gasteiger partial charge in [0.25, 0.3) is 0 Å². The molecule has 0 aromatic heterocycles. The number of thioether (sulfide) groups is 1. The van der Waals surface area contributed by atoms with Crippen molar-refractivity contribution in [1.82, 2.24) is 5.32 Å². The van der Waals surface area contributed by atoms with Crippen LogP contribution in [0.25, 0.3) is 0 Å². The van der Waals surface area contributed by atoms with Crippen LogP contribution >= 0.6 is 11.8 Å². The molecule has 1 nitrogen and oxygen atoms in total. The average Bonchev–Trinajstić information content (AvgIpc) is 2.15. The molecule has 0 saturated heterocycles. The first kappa shape index (κ1) is 13.4. The minimum atomic E-state index is 0.623. The predicted octanol–water partition coefficient (Wildman–Crippen LogP) is 3.68. The molecule has 0 aromatic carbocycles. The van der Waals surface area contributed by atoms with Crippen LogP contribution in [0.4, 0.5) is 0 Å². The van der Waals surface area contributed by atoms with Gasteiger partial charge in [-0.3, -0.25) is 0 Å². The molecule has 0 spiro atoms. The third kappa shape index (κ3) is 5.82. The van der Waals surface area contributed by atoms with Crippen molar-refractivity contribution in [2.75, 3.05) is 6.54 Å². The van der Waals surface area contributed by atoms with Gasteiger partial charge in [-0.1, -0.05) is 40.5 Å². The molecule has 1 aliphatic rings. The SMILES string of the molecule is CC1CCCC(SC(C)CNC(C)C)C1. The van der Waals surface area contributed by atoms with Crippen molar-refractivity contribution in [2.45, 2.75) is 69.9 Å². The van der Waals surface area contributed by atoms with Crippen LogP contribution in [0.15, 0.2) is 0 Å². The number of rotatable bonds is 5. The zero-order valence-electron chi connectivity index (χ0n) is 10.8. The average molecular weight is 229 g/mol. The fourth-order valence-electron chi connectivity index (χ4n) is 2.28. The maximum Gasteiger partial charge on any atom is 0.0147 e. The number of hydrogen-bond acceptors (Lipinski definition) is 2. The molecule has 0 radical (unpaired) electrons. The summed E-state index contributed by atoms with van der Waals surface area (Å²) in [6.45, 7) is 10.4. The van der Waals surface area contributed by atoms with Crippen LogP contribution in [0.1, 0.15) is 53.4 Å². The van der Waals surface area contributed by atoms with Crippen molar-refractivity contribution >= 4 is 11.8 Å². The predicted molar refractivity (Wildman–Crippen MR) is 71.6 cm³/mol. The van der Waals surface area contributed by atoms with E-state index in [2.05, 4.69) is 44.8 Å². The Hall–Kier alpha value is 0.310. The molecule has 2 heteroatoms.